The standard InChI is InChI=1S/C15H21N3OS/c1-4-8-16-11(2)15-18-17-14(20-15)10-12-6-5-7-13(9-12)19-3/h5-7,9,11,16H,4,8,10H2,1-3H3. The van der Waals surface area contributed by atoms with Crippen LogP contribution in [0.3, 0.4) is 0 Å². The van der Waals surface area contributed by atoms with Crippen molar-refractivity contribution in [1.29, 1.82) is 0 Å². The van der Waals surface area contributed by atoms with Crippen molar-refractivity contribution in [2.24, 2.45) is 0 Å². The number of nitrogens with one attached hydrogen (secondary N) is 1. The molecule has 1 aromatic carbocycles. The highest BCUT2D eigenvalue weighted by Gasteiger charge is 2.11. The maximum atomic E-state index is 5.24. The molecule has 108 valence electrons. The molecule has 1 unspecified atom stereocenters. The first-order valence-electron chi connectivity index (χ1n) is 6.91. The number of hydrogen-bond acceptors (Lipinski definition) is 5. The summed E-state index contributed by atoms with van der Waals surface area (Å²) >= 11 is 1.67. The molecule has 0 aliphatic rings. The molecule has 1 heterocycles. The van der Waals surface area contributed by atoms with E-state index in [2.05, 4.69) is 35.4 Å². The van der Waals surface area contributed by atoms with Gasteiger partial charge in [-0.25, -0.2) is 0 Å². The summed E-state index contributed by atoms with van der Waals surface area (Å²) in [7, 11) is 1.68. The summed E-state index contributed by atoms with van der Waals surface area (Å²) in [5.41, 5.74) is 1.20. The Balaban J connectivity index is 2.01. The first-order valence-corrected chi connectivity index (χ1v) is 7.73. The number of rotatable bonds is 7. The van der Waals surface area contributed by atoms with E-state index in [1.165, 1.54) is 5.56 Å². The van der Waals surface area contributed by atoms with Gasteiger partial charge in [0.1, 0.15) is 15.8 Å². The minimum absolute atomic E-state index is 0.270. The normalized spacial score (nSPS) is 12.3. The van der Waals surface area contributed by atoms with Crippen molar-refractivity contribution in [2.45, 2.75) is 32.7 Å². The lowest BCUT2D eigenvalue weighted by molar-refractivity contribution is 0.414. The topological polar surface area (TPSA) is 47.0 Å². The van der Waals surface area contributed by atoms with Crippen LogP contribution in [0.25, 0.3) is 0 Å². The van der Waals surface area contributed by atoms with Crippen LogP contribution in [0.4, 0.5) is 0 Å². The van der Waals surface area contributed by atoms with Crippen LogP contribution in [0.5, 0.6) is 5.75 Å². The zero-order chi connectivity index (χ0) is 14.4. The molecule has 5 heteroatoms. The molecule has 0 radical (unpaired) electrons. The van der Waals surface area contributed by atoms with Gasteiger partial charge in [-0.1, -0.05) is 30.4 Å². The molecule has 4 nitrogen and oxygen atoms in total. The van der Waals surface area contributed by atoms with Crippen LogP contribution in [0.15, 0.2) is 24.3 Å². The lowest BCUT2D eigenvalue weighted by Crippen LogP contribution is -2.18. The predicted octanol–water partition coefficient (Wildman–Crippen LogP) is 3.20. The fourth-order valence-corrected chi connectivity index (χ4v) is 2.82. The average molecular weight is 291 g/mol. The molecule has 0 aliphatic carbocycles. The second-order valence-electron chi connectivity index (χ2n) is 4.74. The van der Waals surface area contributed by atoms with Crippen LogP contribution in [0, 0.1) is 0 Å². The molecule has 2 rings (SSSR count). The third-order valence-corrected chi connectivity index (χ3v) is 4.15. The van der Waals surface area contributed by atoms with Crippen LogP contribution >= 0.6 is 11.3 Å². The van der Waals surface area contributed by atoms with Gasteiger partial charge in [0.25, 0.3) is 0 Å². The van der Waals surface area contributed by atoms with Gasteiger partial charge in [-0.15, -0.1) is 10.2 Å². The van der Waals surface area contributed by atoms with Crippen LogP contribution in [0.2, 0.25) is 0 Å². The number of ether oxygens (including phenoxy) is 1. The second kappa shape index (κ2) is 7.36. The molecule has 0 bridgehead atoms. The van der Waals surface area contributed by atoms with Gasteiger partial charge in [-0.2, -0.15) is 0 Å². The van der Waals surface area contributed by atoms with Crippen molar-refractivity contribution >= 4 is 11.3 Å². The Bertz CT molecular complexity index is 541. The first-order chi connectivity index (χ1) is 9.72. The first kappa shape index (κ1) is 14.9. The maximum Gasteiger partial charge on any atom is 0.134 e. The number of benzene rings is 1. The van der Waals surface area contributed by atoms with Gasteiger partial charge >= 0.3 is 0 Å². The molecule has 1 N–H and O–H groups in total. The van der Waals surface area contributed by atoms with Gasteiger partial charge in [0, 0.05) is 6.42 Å². The monoisotopic (exact) mass is 291 g/mol. The third-order valence-electron chi connectivity index (χ3n) is 3.04. The van der Waals surface area contributed by atoms with Crippen LogP contribution in [-0.4, -0.2) is 23.9 Å². The van der Waals surface area contributed by atoms with E-state index in [9.17, 15) is 0 Å². The molecule has 0 spiro atoms. The molecule has 20 heavy (non-hydrogen) atoms. The van der Waals surface area contributed by atoms with Crippen molar-refractivity contribution in [3.63, 3.8) is 0 Å². The van der Waals surface area contributed by atoms with E-state index in [4.69, 9.17) is 4.74 Å². The van der Waals surface area contributed by atoms with Crippen LogP contribution in [-0.2, 0) is 6.42 Å². The van der Waals surface area contributed by atoms with E-state index in [0.717, 1.165) is 35.2 Å². The fourth-order valence-electron chi connectivity index (χ4n) is 1.92. The minimum Gasteiger partial charge on any atom is -0.497 e. The highest BCUT2D eigenvalue weighted by molar-refractivity contribution is 7.11. The summed E-state index contributed by atoms with van der Waals surface area (Å²) in [5, 5.41) is 14.1. The Morgan fingerprint density at radius 2 is 2.20 bits per heavy atom. The Morgan fingerprint density at radius 1 is 1.35 bits per heavy atom. The number of nitrogens with zero attached hydrogens (tertiary/aromatic N) is 2. The van der Waals surface area contributed by atoms with Gasteiger partial charge in [0.2, 0.25) is 0 Å². The smallest absolute Gasteiger partial charge is 0.134 e. The van der Waals surface area contributed by atoms with Crippen molar-refractivity contribution < 1.29 is 4.74 Å². The second-order valence-corrected chi connectivity index (χ2v) is 5.83. The summed E-state index contributed by atoms with van der Waals surface area (Å²) in [5.74, 6) is 0.880. The Labute approximate surface area is 124 Å². The van der Waals surface area contributed by atoms with Gasteiger partial charge in [0.15, 0.2) is 0 Å². The van der Waals surface area contributed by atoms with Gasteiger partial charge < -0.3 is 10.1 Å². The maximum absolute atomic E-state index is 5.24. The van der Waals surface area contributed by atoms with Crippen molar-refractivity contribution in [1.82, 2.24) is 15.5 Å². The summed E-state index contributed by atoms with van der Waals surface area (Å²) < 4.78 is 5.24. The molecule has 0 fully saturated rings. The fraction of sp³-hybridized carbons (Fsp3) is 0.467. The molecule has 0 saturated carbocycles. The molecular formula is C15H21N3OS. The van der Waals surface area contributed by atoms with E-state index < -0.39 is 0 Å². The Morgan fingerprint density at radius 3 is 2.95 bits per heavy atom. The van der Waals surface area contributed by atoms with Crippen LogP contribution in [0.1, 0.15) is 41.9 Å². The lowest BCUT2D eigenvalue weighted by atomic mass is 10.1. The summed E-state index contributed by atoms with van der Waals surface area (Å²) in [6.07, 6.45) is 1.93. The van der Waals surface area contributed by atoms with Crippen molar-refractivity contribution in [3.8, 4) is 5.75 Å². The molecular weight excluding hydrogens is 270 g/mol. The Hall–Kier alpha value is -1.46. The van der Waals surface area contributed by atoms with Gasteiger partial charge in [0.05, 0.1) is 13.2 Å². The van der Waals surface area contributed by atoms with Gasteiger partial charge in [-0.3, -0.25) is 0 Å². The zero-order valence-electron chi connectivity index (χ0n) is 12.2. The van der Waals surface area contributed by atoms with E-state index in [-0.39, 0.29) is 6.04 Å². The number of aromatic nitrogens is 2. The van der Waals surface area contributed by atoms with E-state index in [1.807, 2.05) is 18.2 Å². The molecule has 2 aromatic rings. The quantitative estimate of drug-likeness (QED) is 0.851. The third kappa shape index (κ3) is 4.02. The number of hydrogen-bond donors (Lipinski definition) is 1. The van der Waals surface area contributed by atoms with Crippen molar-refractivity contribution in [3.05, 3.63) is 39.8 Å². The molecule has 0 aliphatic heterocycles. The molecule has 0 saturated heterocycles. The predicted molar refractivity (Wildman–Crippen MR) is 82.4 cm³/mol. The van der Waals surface area contributed by atoms with Crippen LogP contribution < -0.4 is 10.1 Å². The largest absolute Gasteiger partial charge is 0.497 e. The highest BCUT2D eigenvalue weighted by atomic mass is 32.1. The van der Waals surface area contributed by atoms with Crippen molar-refractivity contribution in [2.75, 3.05) is 13.7 Å². The summed E-state index contributed by atoms with van der Waals surface area (Å²) in [6.45, 7) is 5.30. The number of methoxy groups -OCH3 is 1. The van der Waals surface area contributed by atoms with E-state index >= 15 is 0 Å². The zero-order valence-corrected chi connectivity index (χ0v) is 13.0. The molecule has 0 amide bonds. The SMILES string of the molecule is CCCNC(C)c1nnc(Cc2cccc(OC)c2)s1. The highest BCUT2D eigenvalue weighted by Crippen LogP contribution is 2.21. The Kier molecular flexibility index (Phi) is 5.49. The van der Waals surface area contributed by atoms with E-state index in [1.54, 1.807) is 18.4 Å². The lowest BCUT2D eigenvalue weighted by Gasteiger charge is -2.08. The summed E-state index contributed by atoms with van der Waals surface area (Å²) in [4.78, 5) is 0. The molecule has 1 aromatic heterocycles. The summed E-state index contributed by atoms with van der Waals surface area (Å²) in [6, 6.07) is 8.35. The average Bonchev–Trinajstić information content (AvgIpc) is 2.93. The van der Waals surface area contributed by atoms with Gasteiger partial charge in [-0.05, 0) is 37.6 Å². The van der Waals surface area contributed by atoms with E-state index in [0.29, 0.717) is 0 Å². The molecule has 1 atom stereocenters. The minimum atomic E-state index is 0.270.